The summed E-state index contributed by atoms with van der Waals surface area (Å²) >= 11 is 0. The molecule has 4 aromatic rings. The van der Waals surface area contributed by atoms with Crippen LogP contribution in [-0.2, 0) is 21.3 Å². The van der Waals surface area contributed by atoms with Crippen molar-refractivity contribution >= 4 is 16.7 Å². The topological polar surface area (TPSA) is 103 Å². The van der Waals surface area contributed by atoms with Gasteiger partial charge in [-0.3, -0.25) is 4.79 Å². The number of aliphatic hydroxyl groups is 1. The molecule has 0 aliphatic carbocycles. The Morgan fingerprint density at radius 2 is 1.74 bits per heavy atom. The number of nitrogens with one attached hydrogen (secondary N) is 1. The highest BCUT2D eigenvalue weighted by Gasteiger charge is 2.19. The number of fused-ring (bicyclic) bond motifs is 1. The van der Waals surface area contributed by atoms with Gasteiger partial charge < -0.3 is 24.6 Å². The summed E-state index contributed by atoms with van der Waals surface area (Å²) in [4.78, 5) is 21.9. The van der Waals surface area contributed by atoms with E-state index in [0.717, 1.165) is 22.1 Å². The van der Waals surface area contributed by atoms with E-state index in [1.54, 1.807) is 24.4 Å². The summed E-state index contributed by atoms with van der Waals surface area (Å²) in [5.74, 6) is 4.08. The van der Waals surface area contributed by atoms with E-state index in [1.807, 2.05) is 24.3 Å². The third-order valence-electron chi connectivity index (χ3n) is 6.72. The van der Waals surface area contributed by atoms with Crippen LogP contribution in [0.4, 0.5) is 0 Å². The molecule has 0 fully saturated rings. The first-order chi connectivity index (χ1) is 20.8. The van der Waals surface area contributed by atoms with Crippen LogP contribution in [-0.4, -0.2) is 60.6 Å². The Morgan fingerprint density at radius 3 is 2.49 bits per heavy atom. The number of hydrogen-bond donors (Lipinski definition) is 2. The van der Waals surface area contributed by atoms with Gasteiger partial charge in [0.15, 0.2) is 0 Å². The number of hydrogen-bond acceptors (Lipinski definition) is 7. The highest BCUT2D eigenvalue weighted by Crippen LogP contribution is 2.36. The van der Waals surface area contributed by atoms with Gasteiger partial charge in [0.2, 0.25) is 5.88 Å². The third kappa shape index (κ3) is 9.10. The Labute approximate surface area is 253 Å². The van der Waals surface area contributed by atoms with Crippen LogP contribution < -0.4 is 10.1 Å². The van der Waals surface area contributed by atoms with Crippen LogP contribution in [0.15, 0.2) is 66.9 Å². The number of carbonyl (C=O) groups excluding carboxylic acids is 1. The molecule has 0 bridgehead atoms. The van der Waals surface area contributed by atoms with Gasteiger partial charge in [0.1, 0.15) is 11.6 Å². The van der Waals surface area contributed by atoms with Gasteiger partial charge in [-0.15, -0.1) is 6.42 Å². The Hall–Kier alpha value is -4.29. The molecule has 224 valence electrons. The summed E-state index contributed by atoms with van der Waals surface area (Å²) in [6, 6.07) is 19.4. The average molecular weight is 582 g/mol. The lowest BCUT2D eigenvalue weighted by Crippen LogP contribution is -2.27. The number of aliphatic hydroxyl groups excluding tert-OH is 1. The van der Waals surface area contributed by atoms with Crippen molar-refractivity contribution in [2.45, 2.75) is 39.0 Å². The molecule has 4 rings (SSSR count). The van der Waals surface area contributed by atoms with E-state index in [2.05, 4.69) is 60.2 Å². The van der Waals surface area contributed by atoms with Crippen LogP contribution in [0.1, 0.15) is 60.1 Å². The van der Waals surface area contributed by atoms with E-state index < -0.39 is 0 Å². The molecule has 3 aromatic carbocycles. The molecule has 0 saturated heterocycles. The number of rotatable bonds is 14. The first-order valence-corrected chi connectivity index (χ1v) is 14.5. The van der Waals surface area contributed by atoms with E-state index in [9.17, 15) is 4.79 Å². The average Bonchev–Trinajstić information content (AvgIpc) is 2.99. The summed E-state index contributed by atoms with van der Waals surface area (Å²) in [6.07, 6.45) is 8.33. The molecule has 2 N–H and O–H groups in total. The van der Waals surface area contributed by atoms with Gasteiger partial charge in [0.05, 0.1) is 19.8 Å². The lowest BCUT2D eigenvalue weighted by atomic mass is 9.83. The normalized spacial score (nSPS) is 11.3. The zero-order chi connectivity index (χ0) is 30.7. The van der Waals surface area contributed by atoms with Crippen molar-refractivity contribution in [1.29, 1.82) is 0 Å². The molecule has 0 radical (unpaired) electrons. The van der Waals surface area contributed by atoms with Crippen LogP contribution in [0.2, 0.25) is 0 Å². The van der Waals surface area contributed by atoms with Crippen molar-refractivity contribution in [2.24, 2.45) is 0 Å². The maximum absolute atomic E-state index is 12.8. The third-order valence-corrected chi connectivity index (χ3v) is 6.72. The molecule has 8 heteroatoms. The zero-order valence-corrected chi connectivity index (χ0v) is 25.1. The summed E-state index contributed by atoms with van der Waals surface area (Å²) < 4.78 is 17.1. The highest BCUT2D eigenvalue weighted by molar-refractivity contribution is 5.95. The summed E-state index contributed by atoms with van der Waals surface area (Å²) in [7, 11) is 0. The van der Waals surface area contributed by atoms with Crippen LogP contribution >= 0.6 is 0 Å². The van der Waals surface area contributed by atoms with Gasteiger partial charge in [0.25, 0.3) is 5.91 Å². The van der Waals surface area contributed by atoms with Gasteiger partial charge in [-0.1, -0.05) is 57.0 Å². The fourth-order valence-electron chi connectivity index (χ4n) is 4.67. The van der Waals surface area contributed by atoms with Gasteiger partial charge in [-0.2, -0.15) is 4.98 Å². The zero-order valence-electron chi connectivity index (χ0n) is 25.1. The first kappa shape index (κ1) is 31.6. The second-order valence-electron chi connectivity index (χ2n) is 11.1. The molecular formula is C35H39N3O5. The van der Waals surface area contributed by atoms with E-state index in [0.29, 0.717) is 68.6 Å². The molecule has 1 aromatic heterocycles. The number of benzene rings is 3. The molecule has 0 atom stereocenters. The monoisotopic (exact) mass is 581 g/mol. The number of terminal acetylenes is 1. The first-order valence-electron chi connectivity index (χ1n) is 14.5. The van der Waals surface area contributed by atoms with Crippen LogP contribution in [0, 0.1) is 12.3 Å². The molecule has 43 heavy (non-hydrogen) atoms. The van der Waals surface area contributed by atoms with Crippen molar-refractivity contribution in [3.63, 3.8) is 0 Å². The van der Waals surface area contributed by atoms with Gasteiger partial charge >= 0.3 is 0 Å². The fraction of sp³-hybridized carbons (Fsp3) is 0.343. The predicted octanol–water partition coefficient (Wildman–Crippen LogP) is 5.44. The number of amides is 1. The number of nitrogens with zero attached hydrogens (tertiary/aromatic N) is 2. The maximum Gasteiger partial charge on any atom is 0.251 e. The molecule has 0 aliphatic rings. The molecule has 0 saturated carbocycles. The lowest BCUT2D eigenvalue weighted by molar-refractivity contribution is 0.0432. The molecule has 1 amide bonds. The maximum atomic E-state index is 12.8. The molecule has 0 unspecified atom stereocenters. The van der Waals surface area contributed by atoms with Crippen LogP contribution in [0.25, 0.3) is 10.8 Å². The number of carbonyl (C=O) groups is 1. The Bertz CT molecular complexity index is 1570. The minimum Gasteiger partial charge on any atom is -0.438 e. The van der Waals surface area contributed by atoms with Crippen molar-refractivity contribution in [3.05, 3.63) is 94.9 Å². The minimum atomic E-state index is -0.246. The summed E-state index contributed by atoms with van der Waals surface area (Å²) in [6.45, 7) is 8.76. The molecule has 1 heterocycles. The van der Waals surface area contributed by atoms with Crippen molar-refractivity contribution in [2.75, 3.05) is 39.6 Å². The number of aromatic nitrogens is 2. The minimum absolute atomic E-state index is 0.00674. The van der Waals surface area contributed by atoms with E-state index in [-0.39, 0.29) is 17.9 Å². The highest BCUT2D eigenvalue weighted by atomic mass is 16.5. The molecule has 0 aliphatic heterocycles. The predicted molar refractivity (Wildman–Crippen MR) is 168 cm³/mol. The number of ether oxygens (including phenoxy) is 3. The molecular weight excluding hydrogens is 542 g/mol. The van der Waals surface area contributed by atoms with Crippen LogP contribution in [0.5, 0.6) is 11.6 Å². The Balaban J connectivity index is 1.41. The van der Waals surface area contributed by atoms with Crippen molar-refractivity contribution in [3.8, 4) is 24.0 Å². The van der Waals surface area contributed by atoms with Crippen molar-refractivity contribution < 1.29 is 24.1 Å². The second kappa shape index (κ2) is 15.3. The largest absolute Gasteiger partial charge is 0.438 e. The van der Waals surface area contributed by atoms with Crippen LogP contribution in [0.3, 0.4) is 0 Å². The van der Waals surface area contributed by atoms with Gasteiger partial charge in [0, 0.05) is 55.0 Å². The van der Waals surface area contributed by atoms with E-state index in [1.165, 1.54) is 5.56 Å². The second-order valence-corrected chi connectivity index (χ2v) is 11.1. The lowest BCUT2D eigenvalue weighted by Gasteiger charge is -2.22. The van der Waals surface area contributed by atoms with Crippen molar-refractivity contribution in [1.82, 2.24) is 15.3 Å². The SMILES string of the molecule is C#Cc1cc(Cc2nccc(Oc3ccc(C(C)(C)C)c4ccccc34)n2)cc(C(=O)NCCOCCOCCCO)c1. The Kier molecular flexibility index (Phi) is 11.2. The summed E-state index contributed by atoms with van der Waals surface area (Å²) in [5, 5.41) is 13.8. The summed E-state index contributed by atoms with van der Waals surface area (Å²) in [5.41, 5.74) is 3.11. The standard InChI is InChI=1S/C35H39N3O5/c1-5-25-21-26(23-27(22-25)34(40)37-15-18-42-20-19-41-17-8-16-39)24-32-36-14-13-33(38-32)43-31-12-11-30(35(2,3)4)28-9-6-7-10-29(28)31/h1,6-7,9-14,21-23,39H,8,15-20,24H2,2-4H3,(H,37,40). The molecule has 0 spiro atoms. The van der Waals surface area contributed by atoms with Gasteiger partial charge in [-0.05, 0) is 52.6 Å². The van der Waals surface area contributed by atoms with E-state index >= 15 is 0 Å². The smallest absolute Gasteiger partial charge is 0.251 e. The fourth-order valence-corrected chi connectivity index (χ4v) is 4.67. The Morgan fingerprint density at radius 1 is 0.977 bits per heavy atom. The molecule has 8 nitrogen and oxygen atoms in total. The van der Waals surface area contributed by atoms with Gasteiger partial charge in [-0.25, -0.2) is 4.98 Å². The quantitative estimate of drug-likeness (QED) is 0.151. The van der Waals surface area contributed by atoms with E-state index in [4.69, 9.17) is 25.7 Å².